The van der Waals surface area contributed by atoms with E-state index in [9.17, 15) is 0 Å². The van der Waals surface area contributed by atoms with E-state index >= 15 is 0 Å². The second kappa shape index (κ2) is 7.98. The molecular weight excluding hydrogens is 435 g/mol. The van der Waals surface area contributed by atoms with Gasteiger partial charge in [0.05, 0.1) is 31.5 Å². The van der Waals surface area contributed by atoms with Crippen LogP contribution in [0.25, 0.3) is 0 Å². The van der Waals surface area contributed by atoms with Gasteiger partial charge >= 0.3 is 0 Å². The van der Waals surface area contributed by atoms with Gasteiger partial charge in [-0.05, 0) is 48.0 Å². The molecule has 3 aromatic rings. The van der Waals surface area contributed by atoms with Crippen molar-refractivity contribution in [2.45, 2.75) is 18.7 Å². The lowest BCUT2D eigenvalue weighted by atomic mass is 9.95. The maximum absolute atomic E-state index is 6.44. The number of hydrazone groups is 1. The summed E-state index contributed by atoms with van der Waals surface area (Å²) in [6.07, 6.45) is 0.245. The fraction of sp³-hybridized carbons (Fsp3) is 0.208. The van der Waals surface area contributed by atoms with E-state index in [4.69, 9.17) is 42.5 Å². The Morgan fingerprint density at radius 3 is 2.45 bits per heavy atom. The van der Waals surface area contributed by atoms with Gasteiger partial charge in [-0.3, -0.25) is 0 Å². The summed E-state index contributed by atoms with van der Waals surface area (Å²) in [6, 6.07) is 19.2. The van der Waals surface area contributed by atoms with Crippen LogP contribution in [0.3, 0.4) is 0 Å². The number of rotatable bonds is 4. The summed E-state index contributed by atoms with van der Waals surface area (Å²) in [4.78, 5) is 0. The van der Waals surface area contributed by atoms with Crippen molar-refractivity contribution in [1.29, 1.82) is 0 Å². The van der Waals surface area contributed by atoms with Gasteiger partial charge in [0.25, 0.3) is 0 Å². The van der Waals surface area contributed by atoms with E-state index in [0.29, 0.717) is 21.5 Å². The van der Waals surface area contributed by atoms with Crippen LogP contribution in [-0.4, -0.2) is 24.9 Å². The van der Waals surface area contributed by atoms with Gasteiger partial charge in [0.15, 0.2) is 11.5 Å². The first-order chi connectivity index (χ1) is 15.1. The standard InChI is InChI=1S/C24H20Cl2N2O3/c1-29-22-5-3-4-17(23(22)30-2)24-28-20(18-12-16(26)10-11-21(18)31-24)13-19(27-28)14-6-8-15(25)9-7-14/h3-12,20,24H,13H2,1-2H3/t20-,24+/m0/s1. The third-order valence-corrected chi connectivity index (χ3v) is 6.12. The molecule has 31 heavy (non-hydrogen) atoms. The number of halogens is 2. The Labute approximate surface area is 190 Å². The average molecular weight is 455 g/mol. The van der Waals surface area contributed by atoms with Gasteiger partial charge in [-0.15, -0.1) is 0 Å². The molecule has 0 amide bonds. The Balaban J connectivity index is 1.64. The van der Waals surface area contributed by atoms with Gasteiger partial charge < -0.3 is 14.2 Å². The highest BCUT2D eigenvalue weighted by Crippen LogP contribution is 2.50. The van der Waals surface area contributed by atoms with E-state index < -0.39 is 6.23 Å². The van der Waals surface area contributed by atoms with Crippen LogP contribution in [0.1, 0.15) is 35.4 Å². The van der Waals surface area contributed by atoms with Crippen LogP contribution in [0.5, 0.6) is 17.2 Å². The summed E-state index contributed by atoms with van der Waals surface area (Å²) in [5.74, 6) is 2.05. The van der Waals surface area contributed by atoms with Gasteiger partial charge in [-0.2, -0.15) is 5.10 Å². The molecule has 0 bridgehead atoms. The fourth-order valence-electron chi connectivity index (χ4n) is 4.19. The number of para-hydroxylation sites is 1. The first-order valence-corrected chi connectivity index (χ1v) is 10.6. The number of hydrogen-bond donors (Lipinski definition) is 0. The highest BCUT2D eigenvalue weighted by Gasteiger charge is 2.42. The van der Waals surface area contributed by atoms with Crippen molar-refractivity contribution in [3.05, 3.63) is 87.4 Å². The zero-order valence-electron chi connectivity index (χ0n) is 17.0. The predicted molar refractivity (Wildman–Crippen MR) is 122 cm³/mol. The van der Waals surface area contributed by atoms with Crippen LogP contribution in [-0.2, 0) is 0 Å². The molecule has 0 unspecified atom stereocenters. The molecule has 158 valence electrons. The van der Waals surface area contributed by atoms with Crippen molar-refractivity contribution < 1.29 is 14.2 Å². The summed E-state index contributed by atoms with van der Waals surface area (Å²) in [5.41, 5.74) is 3.84. The van der Waals surface area contributed by atoms with Crippen LogP contribution in [0.15, 0.2) is 65.8 Å². The van der Waals surface area contributed by atoms with Crippen molar-refractivity contribution in [3.63, 3.8) is 0 Å². The minimum atomic E-state index is -0.478. The van der Waals surface area contributed by atoms with Gasteiger partial charge in [-0.25, -0.2) is 5.01 Å². The van der Waals surface area contributed by atoms with E-state index in [1.54, 1.807) is 14.2 Å². The number of nitrogens with zero attached hydrogens (tertiary/aromatic N) is 2. The monoisotopic (exact) mass is 454 g/mol. The third kappa shape index (κ3) is 3.48. The van der Waals surface area contributed by atoms with Crippen molar-refractivity contribution >= 4 is 28.9 Å². The van der Waals surface area contributed by atoms with Crippen LogP contribution in [0, 0.1) is 0 Å². The van der Waals surface area contributed by atoms with Crippen molar-refractivity contribution in [2.24, 2.45) is 5.10 Å². The molecule has 0 fully saturated rings. The molecule has 2 aliphatic heterocycles. The highest BCUT2D eigenvalue weighted by molar-refractivity contribution is 6.31. The summed E-state index contributed by atoms with van der Waals surface area (Å²) in [5, 5.41) is 8.32. The first kappa shape index (κ1) is 20.0. The Morgan fingerprint density at radius 2 is 1.71 bits per heavy atom. The van der Waals surface area contributed by atoms with Gasteiger partial charge in [-0.1, -0.05) is 41.4 Å². The smallest absolute Gasteiger partial charge is 0.217 e. The number of fused-ring (bicyclic) bond motifs is 3. The molecule has 2 aliphatic rings. The number of ether oxygens (including phenoxy) is 3. The average Bonchev–Trinajstić information content (AvgIpc) is 3.24. The van der Waals surface area contributed by atoms with Crippen molar-refractivity contribution in [2.75, 3.05) is 14.2 Å². The summed E-state index contributed by atoms with van der Waals surface area (Å²) in [7, 11) is 3.25. The van der Waals surface area contributed by atoms with Crippen LogP contribution in [0.4, 0.5) is 0 Å². The molecule has 2 heterocycles. The van der Waals surface area contributed by atoms with Crippen LogP contribution in [0.2, 0.25) is 10.0 Å². The molecule has 5 nitrogen and oxygen atoms in total. The van der Waals surface area contributed by atoms with Crippen LogP contribution < -0.4 is 14.2 Å². The summed E-state index contributed by atoms with van der Waals surface area (Å²) < 4.78 is 17.6. The van der Waals surface area contributed by atoms with Gasteiger partial charge in [0.1, 0.15) is 5.75 Å². The quantitative estimate of drug-likeness (QED) is 0.466. The molecular formula is C24H20Cl2N2O3. The Morgan fingerprint density at radius 1 is 0.935 bits per heavy atom. The third-order valence-electron chi connectivity index (χ3n) is 5.63. The zero-order valence-corrected chi connectivity index (χ0v) is 18.5. The molecule has 7 heteroatoms. The Bertz CT molecular complexity index is 1160. The predicted octanol–water partition coefficient (Wildman–Crippen LogP) is 6.25. The molecule has 0 aliphatic carbocycles. The SMILES string of the molecule is COc1cccc([C@H]2Oc3ccc(Cl)cc3[C@@H]3CC(c4ccc(Cl)cc4)=NN23)c1OC. The number of methoxy groups -OCH3 is 2. The molecule has 0 saturated carbocycles. The summed E-state index contributed by atoms with van der Waals surface area (Å²) in [6.45, 7) is 0. The second-order valence-electron chi connectivity index (χ2n) is 7.39. The fourth-order valence-corrected chi connectivity index (χ4v) is 4.49. The zero-order chi connectivity index (χ0) is 21.5. The Hall–Kier alpha value is -2.89. The largest absolute Gasteiger partial charge is 0.493 e. The number of benzene rings is 3. The minimum Gasteiger partial charge on any atom is -0.493 e. The van der Waals surface area contributed by atoms with E-state index in [0.717, 1.165) is 34.6 Å². The topological polar surface area (TPSA) is 43.3 Å². The van der Waals surface area contributed by atoms with E-state index in [-0.39, 0.29) is 6.04 Å². The number of hydrogen-bond acceptors (Lipinski definition) is 5. The molecule has 0 radical (unpaired) electrons. The summed E-state index contributed by atoms with van der Waals surface area (Å²) >= 11 is 12.4. The van der Waals surface area contributed by atoms with Crippen molar-refractivity contribution in [3.8, 4) is 17.2 Å². The lowest BCUT2D eigenvalue weighted by molar-refractivity contribution is -0.0205. The Kier molecular flexibility index (Phi) is 5.16. The lowest BCUT2D eigenvalue weighted by Crippen LogP contribution is -2.34. The van der Waals surface area contributed by atoms with Gasteiger partial charge in [0.2, 0.25) is 6.23 Å². The molecule has 0 saturated heterocycles. The molecule has 0 spiro atoms. The minimum absolute atomic E-state index is 0.0194. The van der Waals surface area contributed by atoms with E-state index in [2.05, 4.69) is 0 Å². The lowest BCUT2D eigenvalue weighted by Gasteiger charge is -2.38. The maximum atomic E-state index is 6.44. The molecule has 0 N–H and O–H groups in total. The highest BCUT2D eigenvalue weighted by atomic mass is 35.5. The van der Waals surface area contributed by atoms with Crippen molar-refractivity contribution in [1.82, 2.24) is 5.01 Å². The maximum Gasteiger partial charge on any atom is 0.217 e. The second-order valence-corrected chi connectivity index (χ2v) is 8.26. The van der Waals surface area contributed by atoms with Gasteiger partial charge in [0, 0.05) is 22.0 Å². The first-order valence-electron chi connectivity index (χ1n) is 9.88. The normalized spacial score (nSPS) is 19.2. The van der Waals surface area contributed by atoms with E-state index in [1.807, 2.05) is 65.7 Å². The molecule has 3 aromatic carbocycles. The molecule has 5 rings (SSSR count). The van der Waals surface area contributed by atoms with E-state index in [1.165, 1.54) is 0 Å². The van der Waals surface area contributed by atoms with Crippen LogP contribution >= 0.6 is 23.2 Å². The molecule has 2 atom stereocenters. The molecule has 0 aromatic heterocycles.